The molecule has 0 unspecified atom stereocenters. The van der Waals surface area contributed by atoms with Gasteiger partial charge in [0, 0.05) is 9.13 Å². The molecule has 0 amide bonds. The van der Waals surface area contributed by atoms with Crippen LogP contribution in [0.4, 0.5) is 0 Å². The number of allylic oxidation sites excluding steroid dienone is 1. The number of aromatic nitrogens is 1. The van der Waals surface area contributed by atoms with Gasteiger partial charge in [-0.25, -0.2) is 9.79 Å². The van der Waals surface area contributed by atoms with E-state index in [1.807, 2.05) is 93.6 Å². The molecular weight excluding hydrogens is 703 g/mol. The number of thiazole rings is 1. The van der Waals surface area contributed by atoms with Crippen LogP contribution in [0.5, 0.6) is 17.2 Å². The molecule has 5 rings (SSSR count). The van der Waals surface area contributed by atoms with Crippen molar-refractivity contribution in [1.82, 2.24) is 4.57 Å². The third-order valence-corrected chi connectivity index (χ3v) is 8.67. The van der Waals surface area contributed by atoms with Crippen LogP contribution >= 0.6 is 33.9 Å². The van der Waals surface area contributed by atoms with Gasteiger partial charge in [-0.1, -0.05) is 47.7 Å². The predicted octanol–water partition coefficient (Wildman–Crippen LogP) is 6.17. The highest BCUT2D eigenvalue weighted by Gasteiger charge is 2.35. The number of hydrogen-bond donors (Lipinski definition) is 0. The lowest BCUT2D eigenvalue weighted by Crippen LogP contribution is -2.40. The summed E-state index contributed by atoms with van der Waals surface area (Å²) in [5, 5.41) is 0. The van der Waals surface area contributed by atoms with Crippen molar-refractivity contribution in [2.75, 3.05) is 13.2 Å². The van der Waals surface area contributed by atoms with Crippen LogP contribution in [0, 0.1) is 3.57 Å². The number of para-hydroxylation sites is 1. The smallest absolute Gasteiger partial charge is 0.338 e. The first kappa shape index (κ1) is 32.5. The molecule has 0 N–H and O–H groups in total. The van der Waals surface area contributed by atoms with Crippen LogP contribution in [0.2, 0.25) is 0 Å². The maximum absolute atomic E-state index is 14.1. The van der Waals surface area contributed by atoms with Crippen LogP contribution in [0.1, 0.15) is 57.4 Å². The minimum atomic E-state index is -0.770. The standard InChI is InChI=1S/C35H35IN2O6S/c1-6-41-29-18-24(14-17-28(29)43-20-23-12-15-25(36)16-13-23)19-30-33(39)38-32(26-10-8-9-11-27(26)44-21(3)4)31(34(40)42-7-2)22(5)37-35(38)45-30/h8-19,21,32H,6-7,20H2,1-5H3/b30-19+/t32-/m0/s1. The average molecular weight is 739 g/mol. The Morgan fingerprint density at radius 2 is 1.76 bits per heavy atom. The molecule has 0 spiro atoms. The van der Waals surface area contributed by atoms with Crippen LogP contribution in [-0.2, 0) is 16.1 Å². The highest BCUT2D eigenvalue weighted by Crippen LogP contribution is 2.36. The van der Waals surface area contributed by atoms with Gasteiger partial charge in [-0.05, 0) is 105 Å². The van der Waals surface area contributed by atoms with Gasteiger partial charge in [-0.2, -0.15) is 0 Å². The number of esters is 1. The van der Waals surface area contributed by atoms with E-state index in [4.69, 9.17) is 23.9 Å². The molecule has 0 saturated carbocycles. The third kappa shape index (κ3) is 7.33. The molecular formula is C35H35IN2O6S. The molecule has 0 bridgehead atoms. The third-order valence-electron chi connectivity index (χ3n) is 6.97. The van der Waals surface area contributed by atoms with Crippen molar-refractivity contribution in [2.45, 2.75) is 53.4 Å². The summed E-state index contributed by atoms with van der Waals surface area (Å²) in [7, 11) is 0. The van der Waals surface area contributed by atoms with E-state index >= 15 is 0 Å². The summed E-state index contributed by atoms with van der Waals surface area (Å²) in [6, 6.07) is 20.5. The van der Waals surface area contributed by atoms with Gasteiger partial charge in [0.25, 0.3) is 5.56 Å². The summed E-state index contributed by atoms with van der Waals surface area (Å²) in [6.45, 7) is 10.4. The zero-order valence-electron chi connectivity index (χ0n) is 25.8. The Kier molecular flexibility index (Phi) is 10.4. The molecule has 10 heteroatoms. The number of rotatable bonds is 11. The normalized spacial score (nSPS) is 14.6. The van der Waals surface area contributed by atoms with Crippen LogP contribution in [-0.4, -0.2) is 29.9 Å². The molecule has 8 nitrogen and oxygen atoms in total. The Labute approximate surface area is 279 Å². The summed E-state index contributed by atoms with van der Waals surface area (Å²) in [5.41, 5.74) is 3.05. The average Bonchev–Trinajstić information content (AvgIpc) is 3.31. The fourth-order valence-electron chi connectivity index (χ4n) is 5.05. The van der Waals surface area contributed by atoms with Crippen molar-refractivity contribution in [1.29, 1.82) is 0 Å². The Morgan fingerprint density at radius 3 is 2.47 bits per heavy atom. The second kappa shape index (κ2) is 14.5. The second-order valence-electron chi connectivity index (χ2n) is 10.6. The Bertz CT molecular complexity index is 1910. The van der Waals surface area contributed by atoms with Crippen molar-refractivity contribution in [3.8, 4) is 17.2 Å². The minimum Gasteiger partial charge on any atom is -0.491 e. The van der Waals surface area contributed by atoms with Crippen molar-refractivity contribution in [3.63, 3.8) is 0 Å². The summed E-state index contributed by atoms with van der Waals surface area (Å²) in [5.74, 6) is 1.28. The Balaban J connectivity index is 1.58. The van der Waals surface area contributed by atoms with E-state index in [1.54, 1.807) is 18.4 Å². The number of ether oxygens (including phenoxy) is 4. The summed E-state index contributed by atoms with van der Waals surface area (Å²) >= 11 is 3.54. The molecule has 3 aromatic carbocycles. The van der Waals surface area contributed by atoms with E-state index in [0.717, 1.165) is 14.7 Å². The van der Waals surface area contributed by atoms with E-state index < -0.39 is 12.0 Å². The van der Waals surface area contributed by atoms with Gasteiger partial charge in [0.1, 0.15) is 18.4 Å². The van der Waals surface area contributed by atoms with Gasteiger partial charge in [0.15, 0.2) is 16.3 Å². The van der Waals surface area contributed by atoms with Gasteiger partial charge >= 0.3 is 5.97 Å². The summed E-state index contributed by atoms with van der Waals surface area (Å²) < 4.78 is 26.8. The maximum Gasteiger partial charge on any atom is 0.338 e. The van der Waals surface area contributed by atoms with Gasteiger partial charge in [-0.3, -0.25) is 9.36 Å². The van der Waals surface area contributed by atoms with Gasteiger partial charge in [0.2, 0.25) is 0 Å². The molecule has 0 radical (unpaired) electrons. The maximum atomic E-state index is 14.1. The number of halogens is 1. The lowest BCUT2D eigenvalue weighted by Gasteiger charge is -2.26. The Morgan fingerprint density at radius 1 is 1.00 bits per heavy atom. The lowest BCUT2D eigenvalue weighted by atomic mass is 9.95. The SMILES string of the molecule is CCOC(=O)C1=C(C)N=c2s/c(=C/c3ccc(OCc4ccc(I)cc4)c(OCC)c3)c(=O)n2[C@H]1c1ccccc1OC(C)C. The van der Waals surface area contributed by atoms with E-state index in [9.17, 15) is 9.59 Å². The van der Waals surface area contributed by atoms with E-state index in [1.165, 1.54) is 11.3 Å². The van der Waals surface area contributed by atoms with Crippen molar-refractivity contribution >= 4 is 46.0 Å². The first-order valence-electron chi connectivity index (χ1n) is 14.8. The first-order chi connectivity index (χ1) is 21.7. The molecule has 234 valence electrons. The quantitative estimate of drug-likeness (QED) is 0.135. The van der Waals surface area contributed by atoms with E-state index in [0.29, 0.717) is 56.6 Å². The fourth-order valence-corrected chi connectivity index (χ4v) is 6.45. The van der Waals surface area contributed by atoms with Gasteiger partial charge in [0.05, 0.1) is 35.1 Å². The number of carbonyl (C=O) groups is 1. The predicted molar refractivity (Wildman–Crippen MR) is 184 cm³/mol. The largest absolute Gasteiger partial charge is 0.491 e. The molecule has 2 heterocycles. The number of benzene rings is 3. The molecule has 0 aliphatic carbocycles. The topological polar surface area (TPSA) is 88.4 Å². The van der Waals surface area contributed by atoms with Crippen LogP contribution < -0.4 is 29.1 Å². The second-order valence-corrected chi connectivity index (χ2v) is 12.8. The number of nitrogens with zero attached hydrogens (tertiary/aromatic N) is 2. The van der Waals surface area contributed by atoms with E-state index in [2.05, 4.69) is 22.6 Å². The van der Waals surface area contributed by atoms with Crippen LogP contribution in [0.3, 0.4) is 0 Å². The molecule has 45 heavy (non-hydrogen) atoms. The van der Waals surface area contributed by atoms with Crippen LogP contribution in [0.15, 0.2) is 87.8 Å². The van der Waals surface area contributed by atoms with Crippen molar-refractivity contribution < 1.29 is 23.7 Å². The summed E-state index contributed by atoms with van der Waals surface area (Å²) in [6.07, 6.45) is 1.70. The summed E-state index contributed by atoms with van der Waals surface area (Å²) in [4.78, 5) is 32.6. The zero-order valence-corrected chi connectivity index (χ0v) is 28.8. The fraction of sp³-hybridized carbons (Fsp3) is 0.286. The molecule has 1 aliphatic heterocycles. The van der Waals surface area contributed by atoms with Crippen molar-refractivity contribution in [3.05, 3.63) is 118 Å². The number of fused-ring (bicyclic) bond motifs is 1. The molecule has 0 saturated heterocycles. The molecule has 1 aliphatic rings. The molecule has 1 aromatic heterocycles. The first-order valence-corrected chi connectivity index (χ1v) is 16.7. The zero-order chi connectivity index (χ0) is 32.1. The molecule has 1 atom stereocenters. The van der Waals surface area contributed by atoms with Crippen molar-refractivity contribution in [2.24, 2.45) is 4.99 Å². The highest BCUT2D eigenvalue weighted by atomic mass is 127. The number of carbonyl (C=O) groups excluding carboxylic acids is 1. The minimum absolute atomic E-state index is 0.110. The van der Waals surface area contributed by atoms with E-state index in [-0.39, 0.29) is 18.3 Å². The van der Waals surface area contributed by atoms with Gasteiger partial charge < -0.3 is 18.9 Å². The highest BCUT2D eigenvalue weighted by molar-refractivity contribution is 14.1. The Hall–Kier alpha value is -3.90. The monoisotopic (exact) mass is 738 g/mol. The molecule has 4 aromatic rings. The lowest BCUT2D eigenvalue weighted by molar-refractivity contribution is -0.139. The molecule has 0 fully saturated rings. The number of hydrogen-bond acceptors (Lipinski definition) is 8. The van der Waals surface area contributed by atoms with Gasteiger partial charge in [-0.15, -0.1) is 0 Å². The van der Waals surface area contributed by atoms with Crippen LogP contribution in [0.25, 0.3) is 6.08 Å².